The van der Waals surface area contributed by atoms with Gasteiger partial charge < -0.3 is 5.32 Å². The number of rotatable bonds is 3. The van der Waals surface area contributed by atoms with E-state index in [9.17, 15) is 0 Å². The van der Waals surface area contributed by atoms with Gasteiger partial charge in [-0.2, -0.15) is 0 Å². The third-order valence-corrected chi connectivity index (χ3v) is 3.07. The number of hydrogen-bond acceptors (Lipinski definition) is 4. The summed E-state index contributed by atoms with van der Waals surface area (Å²) in [5, 5.41) is 3.14. The van der Waals surface area contributed by atoms with Gasteiger partial charge in [-0.15, -0.1) is 0 Å². The number of nitrogens with one attached hydrogen (secondary N) is 1. The van der Waals surface area contributed by atoms with E-state index in [-0.39, 0.29) is 0 Å². The van der Waals surface area contributed by atoms with E-state index in [0.29, 0.717) is 5.92 Å². The lowest BCUT2D eigenvalue weighted by molar-refractivity contribution is 0.868. The Morgan fingerprint density at radius 3 is 2.76 bits per heavy atom. The normalized spacial score (nSPS) is 14.9. The molecule has 17 heavy (non-hydrogen) atoms. The van der Waals surface area contributed by atoms with Crippen molar-refractivity contribution in [2.75, 3.05) is 12.4 Å². The van der Waals surface area contributed by atoms with Gasteiger partial charge in [0.15, 0.2) is 0 Å². The highest BCUT2D eigenvalue weighted by atomic mass is 15.1. The molecule has 2 aromatic heterocycles. The van der Waals surface area contributed by atoms with Gasteiger partial charge in [0.1, 0.15) is 23.8 Å². The Morgan fingerprint density at radius 2 is 2.18 bits per heavy atom. The van der Waals surface area contributed by atoms with Crippen LogP contribution in [0.1, 0.15) is 30.1 Å². The van der Waals surface area contributed by atoms with Gasteiger partial charge in [0.2, 0.25) is 0 Å². The molecule has 0 unspecified atom stereocenters. The van der Waals surface area contributed by atoms with Crippen molar-refractivity contribution < 1.29 is 0 Å². The molecule has 1 fully saturated rings. The van der Waals surface area contributed by atoms with Crippen molar-refractivity contribution >= 4 is 5.82 Å². The summed E-state index contributed by atoms with van der Waals surface area (Å²) in [6, 6.07) is 0. The van der Waals surface area contributed by atoms with Crippen LogP contribution in [0.4, 0.5) is 5.82 Å². The number of anilines is 1. The van der Waals surface area contributed by atoms with Crippen LogP contribution in [0.25, 0.3) is 5.82 Å². The van der Waals surface area contributed by atoms with E-state index >= 15 is 0 Å². The van der Waals surface area contributed by atoms with Gasteiger partial charge in [-0.25, -0.2) is 15.0 Å². The van der Waals surface area contributed by atoms with Crippen LogP contribution in [0.2, 0.25) is 0 Å². The molecule has 5 heteroatoms. The number of hydrogen-bond donors (Lipinski definition) is 1. The molecular formula is C12H15N5. The van der Waals surface area contributed by atoms with Gasteiger partial charge in [-0.3, -0.25) is 4.57 Å². The quantitative estimate of drug-likeness (QED) is 0.873. The van der Waals surface area contributed by atoms with Gasteiger partial charge in [-0.1, -0.05) is 0 Å². The highest BCUT2D eigenvalue weighted by Crippen LogP contribution is 2.39. The van der Waals surface area contributed by atoms with Gasteiger partial charge in [0, 0.05) is 30.9 Å². The smallest absolute Gasteiger partial charge is 0.146 e. The molecule has 0 saturated heterocycles. The minimum Gasteiger partial charge on any atom is -0.373 e. The second kappa shape index (κ2) is 3.84. The molecule has 0 atom stereocenters. The van der Waals surface area contributed by atoms with Crippen LogP contribution >= 0.6 is 0 Å². The van der Waals surface area contributed by atoms with E-state index in [4.69, 9.17) is 0 Å². The summed E-state index contributed by atoms with van der Waals surface area (Å²) in [6.45, 7) is 2.03. The van der Waals surface area contributed by atoms with E-state index in [0.717, 1.165) is 23.0 Å². The molecule has 0 aliphatic heterocycles. The first-order valence-corrected chi connectivity index (χ1v) is 5.84. The Balaban J connectivity index is 2.15. The lowest BCUT2D eigenvalue weighted by Gasteiger charge is -2.12. The van der Waals surface area contributed by atoms with Gasteiger partial charge >= 0.3 is 0 Å². The first-order valence-electron chi connectivity index (χ1n) is 5.84. The molecule has 1 saturated carbocycles. The first-order chi connectivity index (χ1) is 8.29. The third kappa shape index (κ3) is 1.77. The molecular weight excluding hydrogens is 214 g/mol. The molecule has 1 N–H and O–H groups in total. The fourth-order valence-electron chi connectivity index (χ4n) is 1.92. The molecule has 2 heterocycles. The van der Waals surface area contributed by atoms with Crippen molar-refractivity contribution in [2.24, 2.45) is 0 Å². The molecule has 1 aliphatic carbocycles. The molecule has 0 amide bonds. The van der Waals surface area contributed by atoms with E-state index in [2.05, 4.69) is 20.3 Å². The summed E-state index contributed by atoms with van der Waals surface area (Å²) >= 11 is 0. The Bertz CT molecular complexity index is 528. The number of aromatic nitrogens is 4. The minimum atomic E-state index is 0.546. The van der Waals surface area contributed by atoms with Crippen molar-refractivity contribution in [3.63, 3.8) is 0 Å². The number of nitrogens with zero attached hydrogens (tertiary/aromatic N) is 4. The Hall–Kier alpha value is -1.91. The maximum atomic E-state index is 4.66. The molecule has 3 rings (SSSR count). The maximum absolute atomic E-state index is 4.66. The lowest BCUT2D eigenvalue weighted by Crippen LogP contribution is -2.08. The fraction of sp³-hybridized carbons (Fsp3) is 0.417. The fourth-order valence-corrected chi connectivity index (χ4v) is 1.92. The van der Waals surface area contributed by atoms with Gasteiger partial charge in [-0.05, 0) is 19.8 Å². The van der Waals surface area contributed by atoms with Crippen LogP contribution in [0.3, 0.4) is 0 Å². The highest BCUT2D eigenvalue weighted by Gasteiger charge is 2.28. The lowest BCUT2D eigenvalue weighted by atomic mass is 10.2. The zero-order chi connectivity index (χ0) is 11.8. The molecule has 88 valence electrons. The SMILES string of the molecule is CNc1nc(C2CC2)nc(-n2ccnc2)c1C. The summed E-state index contributed by atoms with van der Waals surface area (Å²) in [5.41, 5.74) is 1.05. The number of imidazole rings is 1. The van der Waals surface area contributed by atoms with E-state index in [1.807, 2.05) is 24.7 Å². The summed E-state index contributed by atoms with van der Waals surface area (Å²) in [5.74, 6) is 3.32. The van der Waals surface area contributed by atoms with Crippen molar-refractivity contribution in [1.29, 1.82) is 0 Å². The Morgan fingerprint density at radius 1 is 1.35 bits per heavy atom. The zero-order valence-corrected chi connectivity index (χ0v) is 10.0. The average Bonchev–Trinajstić information content (AvgIpc) is 3.05. The predicted octanol–water partition coefficient (Wildman–Crippen LogP) is 1.89. The van der Waals surface area contributed by atoms with Gasteiger partial charge in [0.05, 0.1) is 0 Å². The molecule has 0 aromatic carbocycles. The molecule has 2 aromatic rings. The summed E-state index contributed by atoms with van der Waals surface area (Å²) in [7, 11) is 1.89. The molecule has 0 bridgehead atoms. The summed E-state index contributed by atoms with van der Waals surface area (Å²) in [6.07, 6.45) is 7.85. The summed E-state index contributed by atoms with van der Waals surface area (Å²) < 4.78 is 1.93. The van der Waals surface area contributed by atoms with Crippen LogP contribution in [-0.2, 0) is 0 Å². The average molecular weight is 229 g/mol. The predicted molar refractivity (Wildman–Crippen MR) is 65.4 cm³/mol. The second-order valence-corrected chi connectivity index (χ2v) is 4.37. The van der Waals surface area contributed by atoms with Crippen molar-refractivity contribution in [1.82, 2.24) is 19.5 Å². The molecule has 0 spiro atoms. The van der Waals surface area contributed by atoms with Crippen LogP contribution < -0.4 is 5.32 Å². The van der Waals surface area contributed by atoms with E-state index in [1.165, 1.54) is 12.8 Å². The van der Waals surface area contributed by atoms with Crippen LogP contribution in [-0.4, -0.2) is 26.6 Å². The van der Waals surface area contributed by atoms with E-state index < -0.39 is 0 Å². The maximum Gasteiger partial charge on any atom is 0.146 e. The van der Waals surface area contributed by atoms with Gasteiger partial charge in [0.25, 0.3) is 0 Å². The zero-order valence-electron chi connectivity index (χ0n) is 10.0. The highest BCUT2D eigenvalue weighted by molar-refractivity contribution is 5.51. The van der Waals surface area contributed by atoms with E-state index in [1.54, 1.807) is 12.5 Å². The largest absolute Gasteiger partial charge is 0.373 e. The summed E-state index contributed by atoms with van der Waals surface area (Å²) in [4.78, 5) is 13.3. The van der Waals surface area contributed by atoms with Crippen LogP contribution in [0.5, 0.6) is 0 Å². The van der Waals surface area contributed by atoms with Crippen LogP contribution in [0, 0.1) is 6.92 Å². The Labute approximate surface area is 99.9 Å². The topological polar surface area (TPSA) is 55.6 Å². The Kier molecular flexibility index (Phi) is 2.31. The van der Waals surface area contributed by atoms with Crippen LogP contribution in [0.15, 0.2) is 18.7 Å². The van der Waals surface area contributed by atoms with Crippen molar-refractivity contribution in [3.05, 3.63) is 30.1 Å². The first kappa shape index (κ1) is 10.3. The third-order valence-electron chi connectivity index (χ3n) is 3.07. The monoisotopic (exact) mass is 229 g/mol. The minimum absolute atomic E-state index is 0.546. The molecule has 0 radical (unpaired) electrons. The van der Waals surface area contributed by atoms with Crippen molar-refractivity contribution in [2.45, 2.75) is 25.7 Å². The molecule has 5 nitrogen and oxygen atoms in total. The van der Waals surface area contributed by atoms with Crippen molar-refractivity contribution in [3.8, 4) is 5.82 Å². The standard InChI is InChI=1S/C12H15N5/c1-8-10(13-2)15-11(9-3-4-9)16-12(8)17-6-5-14-7-17/h5-7,9H,3-4H2,1-2H3,(H,13,15,16). The molecule has 1 aliphatic rings. The second-order valence-electron chi connectivity index (χ2n) is 4.37.